The molecule has 1 aromatic carbocycles. The van der Waals surface area contributed by atoms with Crippen molar-refractivity contribution in [1.82, 2.24) is 5.32 Å². The summed E-state index contributed by atoms with van der Waals surface area (Å²) >= 11 is 0. The largest absolute Gasteiger partial charge is 0.363 e. The monoisotopic (exact) mass is 299 g/mol. The lowest BCUT2D eigenvalue weighted by molar-refractivity contribution is -0.130. The van der Waals surface area contributed by atoms with Crippen LogP contribution in [0.5, 0.6) is 0 Å². The van der Waals surface area contributed by atoms with E-state index in [4.69, 9.17) is 9.88 Å². The Morgan fingerprint density at radius 2 is 2.20 bits per heavy atom. The quantitative estimate of drug-likeness (QED) is 0.688. The molecule has 4 N–H and O–H groups in total. The molecule has 1 aliphatic rings. The summed E-state index contributed by atoms with van der Waals surface area (Å²) in [5.41, 5.74) is 0.0572. The van der Waals surface area contributed by atoms with E-state index in [-0.39, 0.29) is 23.0 Å². The molecule has 1 aromatic rings. The molecule has 0 atom stereocenters. The smallest absolute Gasteiger partial charge is 0.250 e. The first-order valence-electron chi connectivity index (χ1n) is 6.06. The van der Waals surface area contributed by atoms with Crippen LogP contribution in [-0.2, 0) is 19.6 Å². The SMILES string of the molecule is CC1(OCC(=O)Nc2cccc(S(N)(=O)=O)c2)CNC1. The van der Waals surface area contributed by atoms with Crippen molar-refractivity contribution >= 4 is 21.6 Å². The highest BCUT2D eigenvalue weighted by atomic mass is 32.2. The molecule has 1 amide bonds. The lowest BCUT2D eigenvalue weighted by Crippen LogP contribution is -2.59. The predicted octanol–water partition coefficient (Wildman–Crippen LogP) is -0.349. The number of rotatable bonds is 5. The standard InChI is InChI=1S/C12H17N3O4S/c1-12(7-14-8-12)19-6-11(16)15-9-3-2-4-10(5-9)20(13,17)18/h2-5,14H,6-8H2,1H3,(H,15,16)(H2,13,17,18). The summed E-state index contributed by atoms with van der Waals surface area (Å²) in [5, 5.41) is 10.7. The average Bonchev–Trinajstić information content (AvgIpc) is 2.33. The summed E-state index contributed by atoms with van der Waals surface area (Å²) in [4.78, 5) is 11.7. The number of nitrogens with two attached hydrogens (primary N) is 1. The van der Waals surface area contributed by atoms with Gasteiger partial charge in [0.15, 0.2) is 0 Å². The van der Waals surface area contributed by atoms with Gasteiger partial charge in [-0.1, -0.05) is 6.07 Å². The number of anilines is 1. The number of carbonyl (C=O) groups is 1. The Balaban J connectivity index is 1.94. The number of amides is 1. The van der Waals surface area contributed by atoms with Crippen LogP contribution in [0.3, 0.4) is 0 Å². The minimum Gasteiger partial charge on any atom is -0.363 e. The van der Waals surface area contributed by atoms with Crippen LogP contribution in [0, 0.1) is 0 Å². The Kier molecular flexibility index (Phi) is 4.09. The second-order valence-electron chi connectivity index (χ2n) is 4.96. The van der Waals surface area contributed by atoms with Gasteiger partial charge in [-0.05, 0) is 25.1 Å². The van der Waals surface area contributed by atoms with Crippen LogP contribution in [0.2, 0.25) is 0 Å². The Morgan fingerprint density at radius 3 is 2.75 bits per heavy atom. The zero-order valence-corrected chi connectivity index (χ0v) is 11.9. The highest BCUT2D eigenvalue weighted by Crippen LogP contribution is 2.16. The van der Waals surface area contributed by atoms with Gasteiger partial charge in [0.2, 0.25) is 15.9 Å². The van der Waals surface area contributed by atoms with Crippen LogP contribution in [0.15, 0.2) is 29.2 Å². The highest BCUT2D eigenvalue weighted by molar-refractivity contribution is 7.89. The van der Waals surface area contributed by atoms with Gasteiger partial charge in [-0.25, -0.2) is 13.6 Å². The predicted molar refractivity (Wildman–Crippen MR) is 73.7 cm³/mol. The van der Waals surface area contributed by atoms with Crippen molar-refractivity contribution in [2.24, 2.45) is 5.14 Å². The van der Waals surface area contributed by atoms with Crippen molar-refractivity contribution in [3.05, 3.63) is 24.3 Å². The van der Waals surface area contributed by atoms with Gasteiger partial charge in [0, 0.05) is 18.8 Å². The molecule has 1 heterocycles. The molecular weight excluding hydrogens is 282 g/mol. The molecule has 110 valence electrons. The minimum absolute atomic E-state index is 0.0497. The maximum absolute atomic E-state index is 11.7. The van der Waals surface area contributed by atoms with Gasteiger partial charge in [-0.3, -0.25) is 4.79 Å². The van der Waals surface area contributed by atoms with E-state index in [9.17, 15) is 13.2 Å². The number of primary sulfonamides is 1. The molecule has 0 aromatic heterocycles. The molecule has 0 bridgehead atoms. The third-order valence-corrected chi connectivity index (χ3v) is 3.91. The van der Waals surface area contributed by atoms with E-state index in [1.165, 1.54) is 18.2 Å². The summed E-state index contributed by atoms with van der Waals surface area (Å²) in [6, 6.07) is 5.76. The average molecular weight is 299 g/mol. The summed E-state index contributed by atoms with van der Waals surface area (Å²) in [6.45, 7) is 3.25. The molecule has 1 saturated heterocycles. The van der Waals surface area contributed by atoms with Gasteiger partial charge >= 0.3 is 0 Å². The van der Waals surface area contributed by atoms with E-state index >= 15 is 0 Å². The second kappa shape index (κ2) is 5.49. The normalized spacial score (nSPS) is 17.3. The zero-order chi connectivity index (χ0) is 14.8. The summed E-state index contributed by atoms with van der Waals surface area (Å²) in [5.74, 6) is -0.343. The topological polar surface area (TPSA) is 111 Å². The van der Waals surface area contributed by atoms with Gasteiger partial charge in [-0.15, -0.1) is 0 Å². The van der Waals surface area contributed by atoms with Gasteiger partial charge in [-0.2, -0.15) is 0 Å². The fourth-order valence-electron chi connectivity index (χ4n) is 1.77. The first-order valence-corrected chi connectivity index (χ1v) is 7.61. The number of ether oxygens (including phenoxy) is 1. The van der Waals surface area contributed by atoms with E-state index < -0.39 is 10.0 Å². The molecule has 0 aliphatic carbocycles. The van der Waals surface area contributed by atoms with Crippen molar-refractivity contribution in [2.75, 3.05) is 25.0 Å². The molecule has 20 heavy (non-hydrogen) atoms. The van der Waals surface area contributed by atoms with Crippen molar-refractivity contribution in [1.29, 1.82) is 0 Å². The second-order valence-corrected chi connectivity index (χ2v) is 6.52. The van der Waals surface area contributed by atoms with E-state index in [0.717, 1.165) is 0 Å². The van der Waals surface area contributed by atoms with E-state index in [1.807, 2.05) is 6.92 Å². The van der Waals surface area contributed by atoms with Crippen molar-refractivity contribution in [2.45, 2.75) is 17.4 Å². The molecule has 0 radical (unpaired) electrons. The Bertz CT molecular complexity index is 611. The number of sulfonamides is 1. The molecule has 1 aliphatic heterocycles. The molecule has 1 fully saturated rings. The lowest BCUT2D eigenvalue weighted by Gasteiger charge is -2.38. The molecule has 8 heteroatoms. The molecule has 7 nitrogen and oxygen atoms in total. The molecular formula is C12H17N3O4S. The van der Waals surface area contributed by atoms with Crippen molar-refractivity contribution < 1.29 is 17.9 Å². The number of nitrogens with one attached hydrogen (secondary N) is 2. The van der Waals surface area contributed by atoms with Crippen LogP contribution >= 0.6 is 0 Å². The maximum Gasteiger partial charge on any atom is 0.250 e. The molecule has 0 unspecified atom stereocenters. The number of carbonyl (C=O) groups excluding carboxylic acids is 1. The minimum atomic E-state index is -3.78. The molecule has 0 saturated carbocycles. The van der Waals surface area contributed by atoms with Gasteiger partial charge < -0.3 is 15.4 Å². The first-order chi connectivity index (χ1) is 9.28. The number of hydrogen-bond acceptors (Lipinski definition) is 5. The first kappa shape index (κ1) is 14.9. The van der Waals surface area contributed by atoms with E-state index in [0.29, 0.717) is 18.8 Å². The van der Waals surface area contributed by atoms with E-state index in [1.54, 1.807) is 6.07 Å². The van der Waals surface area contributed by atoms with Gasteiger partial charge in [0.05, 0.1) is 10.5 Å². The fraction of sp³-hybridized carbons (Fsp3) is 0.417. The van der Waals surface area contributed by atoms with Crippen LogP contribution in [0.25, 0.3) is 0 Å². The fourth-order valence-corrected chi connectivity index (χ4v) is 2.33. The van der Waals surface area contributed by atoms with Crippen LogP contribution in [0.4, 0.5) is 5.69 Å². The summed E-state index contributed by atoms with van der Waals surface area (Å²) in [6.07, 6.45) is 0. The number of hydrogen-bond donors (Lipinski definition) is 3. The van der Waals surface area contributed by atoms with Crippen molar-refractivity contribution in [3.8, 4) is 0 Å². The van der Waals surface area contributed by atoms with Crippen molar-refractivity contribution in [3.63, 3.8) is 0 Å². The summed E-state index contributed by atoms with van der Waals surface area (Å²) < 4.78 is 27.9. The zero-order valence-electron chi connectivity index (χ0n) is 11.0. The summed E-state index contributed by atoms with van der Waals surface area (Å²) in [7, 11) is -3.78. The number of benzene rings is 1. The van der Waals surface area contributed by atoms with Crippen LogP contribution < -0.4 is 15.8 Å². The lowest BCUT2D eigenvalue weighted by atomic mass is 10.0. The van der Waals surface area contributed by atoms with E-state index in [2.05, 4.69) is 10.6 Å². The van der Waals surface area contributed by atoms with Gasteiger partial charge in [0.1, 0.15) is 6.61 Å². The highest BCUT2D eigenvalue weighted by Gasteiger charge is 2.32. The van der Waals surface area contributed by atoms with Gasteiger partial charge in [0.25, 0.3) is 0 Å². The molecule has 0 spiro atoms. The van der Waals surface area contributed by atoms with Crippen LogP contribution in [0.1, 0.15) is 6.92 Å². The van der Waals surface area contributed by atoms with Crippen LogP contribution in [-0.4, -0.2) is 39.6 Å². The Labute approximate surface area is 117 Å². The molecule has 2 rings (SSSR count). The maximum atomic E-state index is 11.7. The third kappa shape index (κ3) is 3.76. The Hall–Kier alpha value is -1.48. The Morgan fingerprint density at radius 1 is 1.50 bits per heavy atom. The third-order valence-electron chi connectivity index (χ3n) is 3.00.